The molecule has 1 unspecified atom stereocenters. The minimum Gasteiger partial charge on any atom is -0.397 e. The van der Waals surface area contributed by atoms with Crippen LogP contribution in [0.2, 0.25) is 0 Å². The van der Waals surface area contributed by atoms with Crippen molar-refractivity contribution in [2.45, 2.75) is 31.7 Å². The standard InChI is InChI=1S/C16H22N4O/c17-13-7-11-8-16(21)18-14(11)9-15(13)20-6-3-12(10-20)19-4-1-2-5-19/h7,9,12H,1-6,8,10,17H2,(H,18,21). The molecule has 1 aromatic carbocycles. The third kappa shape index (κ3) is 2.25. The van der Waals surface area contributed by atoms with Crippen LogP contribution in [0.15, 0.2) is 12.1 Å². The van der Waals surface area contributed by atoms with Crippen LogP contribution in [0.25, 0.3) is 0 Å². The molecule has 2 saturated heterocycles. The van der Waals surface area contributed by atoms with Gasteiger partial charge in [-0.2, -0.15) is 0 Å². The first-order valence-corrected chi connectivity index (χ1v) is 7.92. The van der Waals surface area contributed by atoms with E-state index < -0.39 is 0 Å². The summed E-state index contributed by atoms with van der Waals surface area (Å²) >= 11 is 0. The van der Waals surface area contributed by atoms with Crippen molar-refractivity contribution in [1.82, 2.24) is 4.90 Å². The zero-order valence-electron chi connectivity index (χ0n) is 12.3. The van der Waals surface area contributed by atoms with E-state index in [-0.39, 0.29) is 5.91 Å². The normalized spacial score (nSPS) is 25.4. The third-order valence-electron chi connectivity index (χ3n) is 5.04. The van der Waals surface area contributed by atoms with Crippen LogP contribution in [0.5, 0.6) is 0 Å². The number of fused-ring (bicyclic) bond motifs is 1. The monoisotopic (exact) mass is 286 g/mol. The van der Waals surface area contributed by atoms with Gasteiger partial charge in [-0.3, -0.25) is 9.69 Å². The van der Waals surface area contributed by atoms with Crippen LogP contribution in [0.1, 0.15) is 24.8 Å². The average Bonchev–Trinajstić information content (AvgIpc) is 3.16. The van der Waals surface area contributed by atoms with Crippen molar-refractivity contribution in [3.05, 3.63) is 17.7 Å². The molecule has 1 amide bonds. The summed E-state index contributed by atoms with van der Waals surface area (Å²) in [6.45, 7) is 4.59. The molecule has 0 saturated carbocycles. The van der Waals surface area contributed by atoms with Gasteiger partial charge in [0.25, 0.3) is 0 Å². The Kier molecular flexibility index (Phi) is 3.03. The molecule has 21 heavy (non-hydrogen) atoms. The summed E-state index contributed by atoms with van der Waals surface area (Å²) in [6, 6.07) is 4.68. The van der Waals surface area contributed by atoms with Gasteiger partial charge in [-0.15, -0.1) is 0 Å². The predicted molar refractivity (Wildman–Crippen MR) is 84.6 cm³/mol. The maximum absolute atomic E-state index is 11.5. The van der Waals surface area contributed by atoms with Gasteiger partial charge in [0, 0.05) is 24.8 Å². The zero-order valence-corrected chi connectivity index (χ0v) is 12.3. The first-order valence-electron chi connectivity index (χ1n) is 7.92. The molecule has 0 aromatic heterocycles. The van der Waals surface area contributed by atoms with Crippen LogP contribution in [0.3, 0.4) is 0 Å². The SMILES string of the molecule is Nc1cc2c(cc1N1CCC(N3CCCC3)C1)NC(=O)C2. The Morgan fingerprint density at radius 3 is 2.81 bits per heavy atom. The van der Waals surface area contributed by atoms with E-state index in [9.17, 15) is 4.79 Å². The molecule has 3 heterocycles. The maximum Gasteiger partial charge on any atom is 0.228 e. The molecule has 4 rings (SSSR count). The van der Waals surface area contributed by atoms with E-state index in [1.165, 1.54) is 32.4 Å². The lowest BCUT2D eigenvalue weighted by molar-refractivity contribution is -0.115. The van der Waals surface area contributed by atoms with Gasteiger partial charge in [-0.1, -0.05) is 0 Å². The average molecular weight is 286 g/mol. The topological polar surface area (TPSA) is 61.6 Å². The number of nitrogen functional groups attached to an aromatic ring is 1. The molecule has 5 nitrogen and oxygen atoms in total. The Morgan fingerprint density at radius 2 is 2.00 bits per heavy atom. The highest BCUT2D eigenvalue weighted by Gasteiger charge is 2.31. The van der Waals surface area contributed by atoms with Crippen LogP contribution in [-0.4, -0.2) is 43.0 Å². The fourth-order valence-corrected chi connectivity index (χ4v) is 3.92. The first-order chi connectivity index (χ1) is 10.2. The number of nitrogens with one attached hydrogen (secondary N) is 1. The summed E-state index contributed by atoms with van der Waals surface area (Å²) in [4.78, 5) is 16.5. The number of anilines is 3. The van der Waals surface area contributed by atoms with E-state index in [2.05, 4.69) is 21.2 Å². The van der Waals surface area contributed by atoms with Crippen molar-refractivity contribution in [3.8, 4) is 0 Å². The fraction of sp³-hybridized carbons (Fsp3) is 0.562. The molecule has 2 fully saturated rings. The highest BCUT2D eigenvalue weighted by Crippen LogP contribution is 2.36. The summed E-state index contributed by atoms with van der Waals surface area (Å²) in [5.41, 5.74) is 10.1. The number of likely N-dealkylation sites (tertiary alicyclic amines) is 1. The second-order valence-electron chi connectivity index (χ2n) is 6.42. The number of rotatable bonds is 2. The van der Waals surface area contributed by atoms with Crippen LogP contribution >= 0.6 is 0 Å². The largest absolute Gasteiger partial charge is 0.397 e. The molecule has 1 atom stereocenters. The highest BCUT2D eigenvalue weighted by atomic mass is 16.1. The van der Waals surface area contributed by atoms with E-state index in [1.54, 1.807) is 0 Å². The molecule has 0 aliphatic carbocycles. The molecule has 3 N–H and O–H groups in total. The van der Waals surface area contributed by atoms with Gasteiger partial charge in [-0.05, 0) is 50.0 Å². The number of carbonyl (C=O) groups excluding carboxylic acids is 1. The van der Waals surface area contributed by atoms with Gasteiger partial charge in [0.2, 0.25) is 5.91 Å². The maximum atomic E-state index is 11.5. The highest BCUT2D eigenvalue weighted by molar-refractivity contribution is 6.00. The number of hydrogen-bond acceptors (Lipinski definition) is 4. The lowest BCUT2D eigenvalue weighted by Crippen LogP contribution is -2.35. The van der Waals surface area contributed by atoms with Gasteiger partial charge in [0.05, 0.1) is 17.8 Å². The number of carbonyl (C=O) groups is 1. The molecule has 3 aliphatic heterocycles. The summed E-state index contributed by atoms with van der Waals surface area (Å²) in [5.74, 6) is 0.0675. The second-order valence-corrected chi connectivity index (χ2v) is 6.42. The van der Waals surface area contributed by atoms with Crippen molar-refractivity contribution in [1.29, 1.82) is 0 Å². The smallest absolute Gasteiger partial charge is 0.228 e. The molecular weight excluding hydrogens is 264 g/mol. The van der Waals surface area contributed by atoms with Crippen molar-refractivity contribution in [3.63, 3.8) is 0 Å². The van der Waals surface area contributed by atoms with Crippen LogP contribution in [0, 0.1) is 0 Å². The van der Waals surface area contributed by atoms with E-state index >= 15 is 0 Å². The third-order valence-corrected chi connectivity index (χ3v) is 5.04. The zero-order chi connectivity index (χ0) is 14.4. The van der Waals surface area contributed by atoms with E-state index in [0.29, 0.717) is 12.5 Å². The Hall–Kier alpha value is -1.75. The molecule has 0 spiro atoms. The molecule has 3 aliphatic rings. The van der Waals surface area contributed by atoms with E-state index in [1.807, 2.05) is 6.07 Å². The van der Waals surface area contributed by atoms with Gasteiger partial charge in [0.1, 0.15) is 0 Å². The van der Waals surface area contributed by atoms with Gasteiger partial charge < -0.3 is 16.0 Å². The number of nitrogens with two attached hydrogens (primary N) is 1. The van der Waals surface area contributed by atoms with E-state index in [4.69, 9.17) is 5.73 Å². The first kappa shape index (κ1) is 13.0. The number of benzene rings is 1. The van der Waals surface area contributed by atoms with Gasteiger partial charge in [0.15, 0.2) is 0 Å². The molecule has 0 bridgehead atoms. The van der Waals surface area contributed by atoms with Crippen molar-refractivity contribution in [2.75, 3.05) is 42.1 Å². The molecule has 1 aromatic rings. The number of hydrogen-bond donors (Lipinski definition) is 2. The summed E-state index contributed by atoms with van der Waals surface area (Å²) in [5, 5.41) is 2.92. The Morgan fingerprint density at radius 1 is 1.19 bits per heavy atom. The van der Waals surface area contributed by atoms with Crippen molar-refractivity contribution >= 4 is 23.0 Å². The molecular formula is C16H22N4O. The summed E-state index contributed by atoms with van der Waals surface area (Å²) in [6.07, 6.45) is 4.34. The lowest BCUT2D eigenvalue weighted by Gasteiger charge is -2.25. The second kappa shape index (κ2) is 4.91. The quantitative estimate of drug-likeness (QED) is 0.808. The fourth-order valence-electron chi connectivity index (χ4n) is 3.92. The molecule has 0 radical (unpaired) electrons. The minimum atomic E-state index is 0.0675. The van der Waals surface area contributed by atoms with Crippen LogP contribution in [-0.2, 0) is 11.2 Å². The van der Waals surface area contributed by atoms with E-state index in [0.717, 1.165) is 35.7 Å². The Balaban J connectivity index is 1.54. The van der Waals surface area contributed by atoms with Crippen molar-refractivity contribution in [2.24, 2.45) is 0 Å². The van der Waals surface area contributed by atoms with Crippen LogP contribution in [0.4, 0.5) is 17.1 Å². The lowest BCUT2D eigenvalue weighted by atomic mass is 10.1. The molecule has 112 valence electrons. The molecule has 5 heteroatoms. The number of nitrogens with zero attached hydrogens (tertiary/aromatic N) is 2. The number of amides is 1. The van der Waals surface area contributed by atoms with Crippen LogP contribution < -0.4 is 16.0 Å². The predicted octanol–water partition coefficient (Wildman–Crippen LogP) is 1.44. The van der Waals surface area contributed by atoms with Gasteiger partial charge in [-0.25, -0.2) is 0 Å². The summed E-state index contributed by atoms with van der Waals surface area (Å²) in [7, 11) is 0. The Labute approximate surface area is 125 Å². The summed E-state index contributed by atoms with van der Waals surface area (Å²) < 4.78 is 0. The Bertz CT molecular complexity index is 580. The van der Waals surface area contributed by atoms with Gasteiger partial charge >= 0.3 is 0 Å². The minimum absolute atomic E-state index is 0.0675. The van der Waals surface area contributed by atoms with Crippen molar-refractivity contribution < 1.29 is 4.79 Å².